The van der Waals surface area contributed by atoms with Gasteiger partial charge >= 0.3 is 0 Å². The van der Waals surface area contributed by atoms with Crippen molar-refractivity contribution in [1.82, 2.24) is 0 Å². The number of benzene rings is 6. The van der Waals surface area contributed by atoms with Gasteiger partial charge in [0.05, 0.1) is 0 Å². The average Bonchev–Trinajstić information content (AvgIpc) is 3.05. The highest BCUT2D eigenvalue weighted by Crippen LogP contribution is 2.37. The lowest BCUT2D eigenvalue weighted by Crippen LogP contribution is -2.09. The normalized spacial score (nSPS) is 11.0. The number of allylic oxidation sites excluding steroid dienone is 1. The van der Waals surface area contributed by atoms with Crippen LogP contribution < -0.4 is 9.80 Å². The quantitative estimate of drug-likeness (QED) is 0.194. The zero-order chi connectivity index (χ0) is 27.9. The summed E-state index contributed by atoms with van der Waals surface area (Å²) in [6, 6.07) is 57.9. The van der Waals surface area contributed by atoms with Gasteiger partial charge in [-0.3, -0.25) is 0 Å². The van der Waals surface area contributed by atoms with Crippen molar-refractivity contribution < 1.29 is 0 Å². The van der Waals surface area contributed by atoms with Gasteiger partial charge in [0.2, 0.25) is 0 Å². The van der Waals surface area contributed by atoms with Crippen molar-refractivity contribution in [2.45, 2.75) is 6.92 Å². The van der Waals surface area contributed by atoms with Crippen LogP contribution in [0.2, 0.25) is 0 Å². The molecule has 0 aliphatic rings. The minimum Gasteiger partial charge on any atom is -0.311 e. The largest absolute Gasteiger partial charge is 0.311 e. The van der Waals surface area contributed by atoms with Gasteiger partial charge in [0.15, 0.2) is 0 Å². The first kappa shape index (κ1) is 25.9. The maximum atomic E-state index is 2.30. The molecule has 41 heavy (non-hydrogen) atoms. The monoisotopic (exact) mass is 528 g/mol. The summed E-state index contributed by atoms with van der Waals surface area (Å²) >= 11 is 0. The Bertz CT molecular complexity index is 1650. The van der Waals surface area contributed by atoms with E-state index in [2.05, 4.69) is 186 Å². The van der Waals surface area contributed by atoms with Crippen LogP contribution in [0.3, 0.4) is 0 Å². The molecule has 198 valence electrons. The summed E-state index contributed by atoms with van der Waals surface area (Å²) in [4.78, 5) is 4.58. The first-order valence-electron chi connectivity index (χ1n) is 14.0. The molecule has 0 radical (unpaired) electrons. The second kappa shape index (κ2) is 12.2. The Labute approximate surface area is 243 Å². The summed E-state index contributed by atoms with van der Waals surface area (Å²) in [6.07, 6.45) is 4.19. The van der Waals surface area contributed by atoms with Gasteiger partial charge in [-0.25, -0.2) is 0 Å². The van der Waals surface area contributed by atoms with Crippen molar-refractivity contribution in [2.24, 2.45) is 0 Å². The van der Waals surface area contributed by atoms with Crippen LogP contribution in [-0.2, 0) is 0 Å². The van der Waals surface area contributed by atoms with Crippen LogP contribution in [0.5, 0.6) is 0 Å². The van der Waals surface area contributed by atoms with E-state index >= 15 is 0 Å². The molecule has 6 rings (SSSR count). The Kier molecular flexibility index (Phi) is 7.73. The molecule has 0 aliphatic carbocycles. The Morgan fingerprint density at radius 3 is 0.951 bits per heavy atom. The van der Waals surface area contributed by atoms with Crippen molar-refractivity contribution in [1.29, 1.82) is 0 Å². The Morgan fingerprint density at radius 1 is 0.341 bits per heavy atom. The van der Waals surface area contributed by atoms with E-state index in [4.69, 9.17) is 0 Å². The zero-order valence-corrected chi connectivity index (χ0v) is 23.1. The third-order valence-corrected chi connectivity index (χ3v) is 7.14. The maximum absolute atomic E-state index is 2.30. The molecule has 2 heteroatoms. The molecular weight excluding hydrogens is 496 g/mol. The van der Waals surface area contributed by atoms with Gasteiger partial charge in [-0.1, -0.05) is 103 Å². The van der Waals surface area contributed by atoms with Crippen LogP contribution in [0.25, 0.3) is 17.2 Å². The Hall–Kier alpha value is -5.34. The molecule has 0 saturated heterocycles. The van der Waals surface area contributed by atoms with Gasteiger partial charge in [-0.15, -0.1) is 0 Å². The number of rotatable bonds is 8. The Balaban J connectivity index is 1.30. The van der Waals surface area contributed by atoms with E-state index in [0.717, 1.165) is 34.1 Å². The van der Waals surface area contributed by atoms with Crippen molar-refractivity contribution in [3.8, 4) is 11.1 Å². The second-order valence-corrected chi connectivity index (χ2v) is 9.86. The number of anilines is 6. The summed E-state index contributed by atoms with van der Waals surface area (Å²) in [5.41, 5.74) is 10.3. The smallest absolute Gasteiger partial charge is 0.0462 e. The standard InChI is InChI=1S/C39H32N2/c1-2-12-31-19-25-37(26-20-31)41(36-17-10-5-11-18-36)39-29-23-33(24-30-39)32-21-27-38(28-22-32)40(34-13-6-3-7-14-34)35-15-8-4-9-16-35/h2-30H,1H3. The fourth-order valence-electron chi connectivity index (χ4n) is 5.16. The summed E-state index contributed by atoms with van der Waals surface area (Å²) in [5.74, 6) is 0. The van der Waals surface area contributed by atoms with Crippen LogP contribution in [0.4, 0.5) is 34.1 Å². The fourth-order valence-corrected chi connectivity index (χ4v) is 5.16. The van der Waals surface area contributed by atoms with E-state index < -0.39 is 0 Å². The predicted octanol–water partition coefficient (Wildman–Crippen LogP) is 11.3. The van der Waals surface area contributed by atoms with Gasteiger partial charge in [0.25, 0.3) is 0 Å². The van der Waals surface area contributed by atoms with Gasteiger partial charge < -0.3 is 9.80 Å². The molecule has 0 spiro atoms. The van der Waals surface area contributed by atoms with E-state index in [1.807, 2.05) is 6.92 Å². The topological polar surface area (TPSA) is 6.48 Å². The van der Waals surface area contributed by atoms with Gasteiger partial charge in [0.1, 0.15) is 0 Å². The van der Waals surface area contributed by atoms with Crippen molar-refractivity contribution in [3.63, 3.8) is 0 Å². The molecule has 0 amide bonds. The van der Waals surface area contributed by atoms with Crippen molar-refractivity contribution in [2.75, 3.05) is 9.80 Å². The molecule has 2 nitrogen and oxygen atoms in total. The van der Waals surface area contributed by atoms with E-state index in [1.165, 1.54) is 16.7 Å². The molecule has 0 atom stereocenters. The van der Waals surface area contributed by atoms with Crippen molar-refractivity contribution >= 4 is 40.2 Å². The zero-order valence-electron chi connectivity index (χ0n) is 23.1. The van der Waals surface area contributed by atoms with Crippen LogP contribution in [-0.4, -0.2) is 0 Å². The average molecular weight is 529 g/mol. The summed E-state index contributed by atoms with van der Waals surface area (Å²) < 4.78 is 0. The molecular formula is C39H32N2. The third kappa shape index (κ3) is 5.83. The number of nitrogens with zero attached hydrogens (tertiary/aromatic N) is 2. The molecule has 0 unspecified atom stereocenters. The fraction of sp³-hybridized carbons (Fsp3) is 0.0256. The lowest BCUT2D eigenvalue weighted by atomic mass is 10.0. The summed E-state index contributed by atoms with van der Waals surface area (Å²) in [5, 5.41) is 0. The van der Waals surface area contributed by atoms with Crippen LogP contribution >= 0.6 is 0 Å². The second-order valence-electron chi connectivity index (χ2n) is 9.86. The lowest BCUT2D eigenvalue weighted by Gasteiger charge is -2.26. The van der Waals surface area contributed by atoms with Crippen molar-refractivity contribution in [3.05, 3.63) is 175 Å². The van der Waals surface area contributed by atoms with Gasteiger partial charge in [-0.05, 0) is 96.4 Å². The molecule has 0 bridgehead atoms. The Morgan fingerprint density at radius 2 is 0.634 bits per heavy atom. The number of hydrogen-bond acceptors (Lipinski definition) is 2. The molecule has 0 fully saturated rings. The first-order chi connectivity index (χ1) is 20.3. The number of hydrogen-bond donors (Lipinski definition) is 0. The molecule has 6 aromatic rings. The SMILES string of the molecule is CC=Cc1ccc(N(c2ccccc2)c2ccc(-c3ccc(N(c4ccccc4)c4ccccc4)cc3)cc2)cc1. The molecule has 0 saturated carbocycles. The lowest BCUT2D eigenvalue weighted by molar-refractivity contribution is 1.28. The van der Waals surface area contributed by atoms with Crippen LogP contribution in [0.1, 0.15) is 12.5 Å². The van der Waals surface area contributed by atoms with Gasteiger partial charge in [0, 0.05) is 34.1 Å². The molecule has 6 aromatic carbocycles. The molecule has 0 aliphatic heterocycles. The van der Waals surface area contributed by atoms with Crippen LogP contribution in [0, 0.1) is 0 Å². The third-order valence-electron chi connectivity index (χ3n) is 7.14. The van der Waals surface area contributed by atoms with Crippen LogP contribution in [0.15, 0.2) is 170 Å². The predicted molar refractivity (Wildman–Crippen MR) is 176 cm³/mol. The van der Waals surface area contributed by atoms with E-state index in [0.29, 0.717) is 0 Å². The van der Waals surface area contributed by atoms with E-state index in [9.17, 15) is 0 Å². The maximum Gasteiger partial charge on any atom is 0.0462 e. The first-order valence-corrected chi connectivity index (χ1v) is 14.0. The van der Waals surface area contributed by atoms with Gasteiger partial charge in [-0.2, -0.15) is 0 Å². The molecule has 0 heterocycles. The molecule has 0 aromatic heterocycles. The highest BCUT2D eigenvalue weighted by Gasteiger charge is 2.14. The highest BCUT2D eigenvalue weighted by atomic mass is 15.1. The molecule has 0 N–H and O–H groups in total. The summed E-state index contributed by atoms with van der Waals surface area (Å²) in [6.45, 7) is 2.04. The summed E-state index contributed by atoms with van der Waals surface area (Å²) in [7, 11) is 0. The minimum atomic E-state index is 1.12. The highest BCUT2D eigenvalue weighted by molar-refractivity contribution is 5.80. The number of para-hydroxylation sites is 3. The van der Waals surface area contributed by atoms with E-state index in [-0.39, 0.29) is 0 Å². The van der Waals surface area contributed by atoms with E-state index in [1.54, 1.807) is 0 Å². The minimum absolute atomic E-state index is 1.12.